The summed E-state index contributed by atoms with van der Waals surface area (Å²) in [4.78, 5) is 0. The molecule has 1 N–H and O–H groups in total. The lowest BCUT2D eigenvalue weighted by molar-refractivity contribution is 0.300. The highest BCUT2D eigenvalue weighted by atomic mass is 16.5. The van der Waals surface area contributed by atoms with Gasteiger partial charge in [-0.3, -0.25) is 0 Å². The van der Waals surface area contributed by atoms with E-state index in [2.05, 4.69) is 30.4 Å². The molecule has 0 fully saturated rings. The van der Waals surface area contributed by atoms with Crippen LogP contribution in [0.2, 0.25) is 0 Å². The van der Waals surface area contributed by atoms with Crippen LogP contribution in [0.4, 0.5) is 0 Å². The number of aryl methyl sites for hydroxylation is 1. The summed E-state index contributed by atoms with van der Waals surface area (Å²) in [5.41, 5.74) is 3.85. The Bertz CT molecular complexity index is 659. The quantitative estimate of drug-likeness (QED) is 0.907. The molecule has 2 aromatic rings. The maximum Gasteiger partial charge on any atom is 0.124 e. The zero-order valence-electron chi connectivity index (χ0n) is 12.7. The van der Waals surface area contributed by atoms with Gasteiger partial charge in [-0.05, 0) is 38.6 Å². The van der Waals surface area contributed by atoms with Gasteiger partial charge < -0.3 is 10.1 Å². The number of hydrogen-bond acceptors (Lipinski definition) is 3. The molecule has 0 saturated carbocycles. The SMILES string of the molecule is CNC(C)c1ccc(C)cc1OCc1ccccc1C#N. The van der Waals surface area contributed by atoms with Crippen molar-refractivity contribution in [3.05, 3.63) is 64.7 Å². The number of nitriles is 1. The largest absolute Gasteiger partial charge is 0.489 e. The third kappa shape index (κ3) is 3.62. The Labute approximate surface area is 126 Å². The van der Waals surface area contributed by atoms with Crippen molar-refractivity contribution in [1.29, 1.82) is 5.26 Å². The first-order valence-corrected chi connectivity index (χ1v) is 7.04. The molecular weight excluding hydrogens is 260 g/mol. The van der Waals surface area contributed by atoms with Gasteiger partial charge in [-0.15, -0.1) is 0 Å². The maximum atomic E-state index is 9.13. The van der Waals surface area contributed by atoms with Gasteiger partial charge in [-0.25, -0.2) is 0 Å². The Morgan fingerprint density at radius 1 is 1.24 bits per heavy atom. The van der Waals surface area contributed by atoms with E-state index in [1.165, 1.54) is 0 Å². The molecule has 0 aliphatic heterocycles. The summed E-state index contributed by atoms with van der Waals surface area (Å²) < 4.78 is 5.98. The predicted octanol–water partition coefficient (Wildman–Crippen LogP) is 3.73. The molecule has 0 spiro atoms. The average Bonchev–Trinajstić information content (AvgIpc) is 2.52. The highest BCUT2D eigenvalue weighted by Gasteiger charge is 2.11. The summed E-state index contributed by atoms with van der Waals surface area (Å²) in [5.74, 6) is 0.865. The summed E-state index contributed by atoms with van der Waals surface area (Å²) in [6, 6.07) is 16.1. The van der Waals surface area contributed by atoms with Gasteiger partial charge in [0.15, 0.2) is 0 Å². The van der Waals surface area contributed by atoms with Gasteiger partial charge in [-0.2, -0.15) is 5.26 Å². The van der Waals surface area contributed by atoms with Gasteiger partial charge in [-0.1, -0.05) is 30.3 Å². The van der Waals surface area contributed by atoms with E-state index in [9.17, 15) is 0 Å². The predicted molar refractivity (Wildman–Crippen MR) is 84.1 cm³/mol. The molecule has 0 saturated heterocycles. The van der Waals surface area contributed by atoms with Gasteiger partial charge in [0.05, 0.1) is 11.6 Å². The second-order valence-corrected chi connectivity index (χ2v) is 5.11. The van der Waals surface area contributed by atoms with Crippen LogP contribution in [-0.4, -0.2) is 7.05 Å². The molecule has 2 aromatic carbocycles. The number of ether oxygens (including phenoxy) is 1. The Morgan fingerprint density at radius 2 is 2.00 bits per heavy atom. The van der Waals surface area contributed by atoms with Crippen LogP contribution >= 0.6 is 0 Å². The van der Waals surface area contributed by atoms with Crippen LogP contribution in [0.3, 0.4) is 0 Å². The van der Waals surface area contributed by atoms with Gasteiger partial charge in [0.2, 0.25) is 0 Å². The normalized spacial score (nSPS) is 11.7. The number of hydrogen-bond donors (Lipinski definition) is 1. The van der Waals surface area contributed by atoms with Crippen molar-refractivity contribution in [3.8, 4) is 11.8 Å². The molecule has 0 aromatic heterocycles. The molecule has 0 bridgehead atoms. The van der Waals surface area contributed by atoms with Crippen molar-refractivity contribution in [2.75, 3.05) is 7.05 Å². The van der Waals surface area contributed by atoms with Crippen LogP contribution in [0.25, 0.3) is 0 Å². The second kappa shape index (κ2) is 6.92. The van der Waals surface area contributed by atoms with E-state index in [1.54, 1.807) is 0 Å². The van der Waals surface area contributed by atoms with Crippen LogP contribution in [-0.2, 0) is 6.61 Å². The van der Waals surface area contributed by atoms with E-state index in [1.807, 2.05) is 44.3 Å². The minimum Gasteiger partial charge on any atom is -0.489 e. The lowest BCUT2D eigenvalue weighted by Crippen LogP contribution is -2.14. The van der Waals surface area contributed by atoms with Crippen LogP contribution < -0.4 is 10.1 Å². The molecule has 1 atom stereocenters. The number of rotatable bonds is 5. The first kappa shape index (κ1) is 15.1. The average molecular weight is 280 g/mol. The summed E-state index contributed by atoms with van der Waals surface area (Å²) in [5, 5.41) is 12.4. The fourth-order valence-electron chi connectivity index (χ4n) is 2.19. The highest BCUT2D eigenvalue weighted by molar-refractivity contribution is 5.41. The van der Waals surface area contributed by atoms with E-state index in [4.69, 9.17) is 10.00 Å². The topological polar surface area (TPSA) is 45.0 Å². The Kier molecular flexibility index (Phi) is 4.97. The first-order valence-electron chi connectivity index (χ1n) is 7.04. The maximum absolute atomic E-state index is 9.13. The van der Waals surface area contributed by atoms with Crippen molar-refractivity contribution < 1.29 is 4.74 Å². The zero-order valence-corrected chi connectivity index (χ0v) is 12.7. The fraction of sp³-hybridized carbons (Fsp3) is 0.278. The van der Waals surface area contributed by atoms with Gasteiger partial charge in [0, 0.05) is 17.2 Å². The number of benzene rings is 2. The van der Waals surface area contributed by atoms with Crippen molar-refractivity contribution >= 4 is 0 Å². The summed E-state index contributed by atoms with van der Waals surface area (Å²) >= 11 is 0. The summed E-state index contributed by atoms with van der Waals surface area (Å²) in [6.45, 7) is 4.54. The molecular formula is C18H20N2O. The lowest BCUT2D eigenvalue weighted by atomic mass is 10.0. The molecule has 3 nitrogen and oxygen atoms in total. The van der Waals surface area contributed by atoms with Crippen molar-refractivity contribution in [1.82, 2.24) is 5.32 Å². The first-order chi connectivity index (χ1) is 10.2. The van der Waals surface area contributed by atoms with Gasteiger partial charge >= 0.3 is 0 Å². The number of nitrogens with one attached hydrogen (secondary N) is 1. The molecule has 1 unspecified atom stereocenters. The molecule has 2 rings (SSSR count). The lowest BCUT2D eigenvalue weighted by Gasteiger charge is -2.17. The molecule has 0 aliphatic carbocycles. The van der Waals surface area contributed by atoms with E-state index < -0.39 is 0 Å². The second-order valence-electron chi connectivity index (χ2n) is 5.11. The molecule has 21 heavy (non-hydrogen) atoms. The van der Waals surface area contributed by atoms with Crippen molar-refractivity contribution in [3.63, 3.8) is 0 Å². The summed E-state index contributed by atoms with van der Waals surface area (Å²) in [7, 11) is 1.93. The Balaban J connectivity index is 2.23. The third-order valence-corrected chi connectivity index (χ3v) is 3.59. The van der Waals surface area contributed by atoms with Crippen molar-refractivity contribution in [2.24, 2.45) is 0 Å². The van der Waals surface area contributed by atoms with Gasteiger partial charge in [0.25, 0.3) is 0 Å². The fourth-order valence-corrected chi connectivity index (χ4v) is 2.19. The van der Waals surface area contributed by atoms with Crippen LogP contribution in [0, 0.1) is 18.3 Å². The smallest absolute Gasteiger partial charge is 0.124 e. The van der Waals surface area contributed by atoms with E-state index in [0.29, 0.717) is 12.2 Å². The minimum absolute atomic E-state index is 0.215. The molecule has 3 heteroatoms. The number of nitrogens with zero attached hydrogens (tertiary/aromatic N) is 1. The highest BCUT2D eigenvalue weighted by Crippen LogP contribution is 2.27. The molecule has 0 heterocycles. The van der Waals surface area contributed by atoms with Crippen LogP contribution in [0.15, 0.2) is 42.5 Å². The minimum atomic E-state index is 0.215. The van der Waals surface area contributed by atoms with E-state index in [0.717, 1.165) is 22.4 Å². The molecule has 108 valence electrons. The Morgan fingerprint density at radius 3 is 2.71 bits per heavy atom. The standard InChI is InChI=1S/C18H20N2O/c1-13-8-9-17(14(2)20-3)18(10-13)21-12-16-7-5-4-6-15(16)11-19/h4-10,14,20H,12H2,1-3H3. The van der Waals surface area contributed by atoms with Crippen LogP contribution in [0.1, 0.15) is 35.2 Å². The van der Waals surface area contributed by atoms with E-state index in [-0.39, 0.29) is 6.04 Å². The third-order valence-electron chi connectivity index (χ3n) is 3.59. The Hall–Kier alpha value is -2.31. The molecule has 0 radical (unpaired) electrons. The van der Waals surface area contributed by atoms with Crippen LogP contribution in [0.5, 0.6) is 5.75 Å². The van der Waals surface area contributed by atoms with Crippen molar-refractivity contribution in [2.45, 2.75) is 26.5 Å². The van der Waals surface area contributed by atoms with Gasteiger partial charge in [0.1, 0.15) is 12.4 Å². The molecule has 0 amide bonds. The molecule has 0 aliphatic rings. The zero-order chi connectivity index (χ0) is 15.2. The monoisotopic (exact) mass is 280 g/mol. The van der Waals surface area contributed by atoms with E-state index >= 15 is 0 Å². The summed E-state index contributed by atoms with van der Waals surface area (Å²) in [6.07, 6.45) is 0.